The van der Waals surface area contributed by atoms with Crippen molar-refractivity contribution in [2.75, 3.05) is 13.1 Å². The van der Waals surface area contributed by atoms with Crippen molar-refractivity contribution in [3.05, 3.63) is 0 Å². The van der Waals surface area contributed by atoms with E-state index in [1.54, 1.807) is 6.92 Å². The minimum atomic E-state index is -1.26. The second-order valence-corrected chi connectivity index (χ2v) is 13.7. The van der Waals surface area contributed by atoms with Crippen LogP contribution in [0.5, 0.6) is 0 Å². The summed E-state index contributed by atoms with van der Waals surface area (Å²) in [7, 11) is 0. The minimum absolute atomic E-state index is 0.123. The van der Waals surface area contributed by atoms with Gasteiger partial charge in [-0.15, -0.1) is 0 Å². The topological polar surface area (TPSA) is 328 Å². The lowest BCUT2D eigenvalue weighted by Crippen LogP contribution is -2.60. The summed E-state index contributed by atoms with van der Waals surface area (Å²) in [6, 6.07) is -5.84. The van der Waals surface area contributed by atoms with Gasteiger partial charge in [-0.25, -0.2) is 0 Å². The molecule has 0 aromatic heterocycles. The maximum absolute atomic E-state index is 13.7. The third-order valence-electron chi connectivity index (χ3n) is 8.86. The Morgan fingerprint density at radius 1 is 0.648 bits per heavy atom. The number of rotatable bonds is 29. The first kappa shape index (κ1) is 49.5. The molecule has 15 N–H and O–H groups in total. The number of carbonyl (C=O) groups excluding carboxylic acids is 7. The number of aliphatic hydroxyl groups is 1. The lowest BCUT2D eigenvalue weighted by molar-refractivity contribution is -0.134. The second kappa shape index (κ2) is 27.1. The second-order valence-electron chi connectivity index (χ2n) is 13.7. The highest BCUT2D eigenvalue weighted by molar-refractivity contribution is 5.94. The molecule has 0 rings (SSSR count). The van der Waals surface area contributed by atoms with E-state index in [4.69, 9.17) is 22.9 Å². The lowest BCUT2D eigenvalue weighted by Gasteiger charge is -2.30. The van der Waals surface area contributed by atoms with Crippen LogP contribution in [-0.4, -0.2) is 108 Å². The van der Waals surface area contributed by atoms with E-state index in [1.165, 1.54) is 13.8 Å². The summed E-state index contributed by atoms with van der Waals surface area (Å²) in [5, 5.41) is 26.7. The normalized spacial score (nSPS) is 15.5. The van der Waals surface area contributed by atoms with Gasteiger partial charge in [0.05, 0.1) is 12.1 Å². The molecule has 0 aliphatic rings. The number of hydrogen-bond acceptors (Lipinski definition) is 10. The van der Waals surface area contributed by atoms with Crippen molar-refractivity contribution < 1.29 is 38.7 Å². The van der Waals surface area contributed by atoms with E-state index in [1.807, 2.05) is 20.8 Å². The van der Waals surface area contributed by atoms with Crippen molar-refractivity contribution in [1.82, 2.24) is 31.9 Å². The van der Waals surface area contributed by atoms with E-state index in [0.717, 1.165) is 19.3 Å². The molecule has 8 atom stereocenters. The van der Waals surface area contributed by atoms with Crippen LogP contribution in [0.15, 0.2) is 4.99 Å². The molecule has 310 valence electrons. The Morgan fingerprint density at radius 3 is 1.72 bits per heavy atom. The van der Waals surface area contributed by atoms with Crippen molar-refractivity contribution in [2.45, 2.75) is 155 Å². The predicted octanol–water partition coefficient (Wildman–Crippen LogP) is -2.00. The quantitative estimate of drug-likeness (QED) is 0.0225. The fourth-order valence-corrected chi connectivity index (χ4v) is 5.44. The first-order valence-electron chi connectivity index (χ1n) is 18.9. The zero-order valence-corrected chi connectivity index (χ0v) is 32.9. The van der Waals surface area contributed by atoms with Gasteiger partial charge in [0.15, 0.2) is 5.96 Å². The first-order valence-corrected chi connectivity index (χ1v) is 18.9. The number of aliphatic hydroxyl groups excluding tert-OH is 1. The Kier molecular flexibility index (Phi) is 24.9. The number of unbranched alkanes of at least 4 members (excludes halogenated alkanes) is 2. The van der Waals surface area contributed by atoms with Gasteiger partial charge in [0, 0.05) is 32.5 Å². The number of nitrogens with one attached hydrogen (secondary N) is 6. The highest BCUT2D eigenvalue weighted by Crippen LogP contribution is 2.12. The first-order chi connectivity index (χ1) is 25.4. The van der Waals surface area contributed by atoms with Gasteiger partial charge in [0.25, 0.3) is 0 Å². The van der Waals surface area contributed by atoms with Crippen LogP contribution in [0.4, 0.5) is 0 Å². The molecule has 19 heteroatoms. The summed E-state index contributed by atoms with van der Waals surface area (Å²) in [6.07, 6.45) is 3.31. The molecule has 0 saturated carbocycles. The number of hydrogen-bond donors (Lipinski definition) is 11. The lowest BCUT2D eigenvalue weighted by atomic mass is 9.96. The molecule has 2 unspecified atom stereocenters. The van der Waals surface area contributed by atoms with Gasteiger partial charge in [-0.1, -0.05) is 59.8 Å². The largest absolute Gasteiger partial charge is 0.391 e. The van der Waals surface area contributed by atoms with Crippen molar-refractivity contribution >= 4 is 47.3 Å². The van der Waals surface area contributed by atoms with E-state index >= 15 is 0 Å². The van der Waals surface area contributed by atoms with E-state index in [0.29, 0.717) is 32.1 Å². The summed E-state index contributed by atoms with van der Waals surface area (Å²) in [5.74, 6) is -4.88. The van der Waals surface area contributed by atoms with Crippen LogP contribution >= 0.6 is 0 Å². The van der Waals surface area contributed by atoms with Crippen LogP contribution in [0.3, 0.4) is 0 Å². The van der Waals surface area contributed by atoms with Gasteiger partial charge < -0.3 is 59.9 Å². The number of nitrogens with zero attached hydrogens (tertiary/aromatic N) is 1. The van der Waals surface area contributed by atoms with Crippen molar-refractivity contribution in [1.29, 1.82) is 0 Å². The number of aliphatic imine (C=N–C) groups is 1. The molecule has 0 aromatic carbocycles. The molecular formula is C35H67N11O8. The molecule has 0 spiro atoms. The van der Waals surface area contributed by atoms with E-state index in [9.17, 15) is 38.7 Å². The summed E-state index contributed by atoms with van der Waals surface area (Å²) < 4.78 is 0. The number of nitrogens with two attached hydrogens (primary N) is 4. The summed E-state index contributed by atoms with van der Waals surface area (Å²) >= 11 is 0. The summed E-state index contributed by atoms with van der Waals surface area (Å²) in [4.78, 5) is 93.1. The molecule has 0 radical (unpaired) electrons. The van der Waals surface area contributed by atoms with Crippen LogP contribution in [-0.2, 0) is 33.6 Å². The minimum Gasteiger partial charge on any atom is -0.391 e. The third-order valence-corrected chi connectivity index (χ3v) is 8.86. The maximum atomic E-state index is 13.7. The third kappa shape index (κ3) is 20.6. The number of guanidine groups is 1. The van der Waals surface area contributed by atoms with Crippen molar-refractivity contribution in [3.8, 4) is 0 Å². The van der Waals surface area contributed by atoms with Gasteiger partial charge in [-0.3, -0.25) is 38.6 Å². The van der Waals surface area contributed by atoms with Crippen molar-refractivity contribution in [3.63, 3.8) is 0 Å². The Balaban J connectivity index is 6.07. The standard InChI is InChI=1S/C35H67N11O8/c1-7-10-13-23(43-33(53)28(20(4)9-3)46-34(54)29(21(5)47)42-22(6)48)19-41-25(14-11-8-2)31(51)45-26(16-17-27(36)49)32(52)44-24(30(37)50)15-12-18-40-35(38)39/h20-21,23-26,28-29,41,47H,7-19H2,1-6H3,(H2,36,49)(H2,37,50)(H,42,48)(H,43,53)(H,44,52)(H,45,51)(H,46,54)(H4,38,39,40)/t20?,21?,23-,24-,25-,26-,28-,29-/m0/s1. The highest BCUT2D eigenvalue weighted by Gasteiger charge is 2.33. The van der Waals surface area contributed by atoms with Gasteiger partial charge in [0.1, 0.15) is 24.2 Å². The predicted molar refractivity (Wildman–Crippen MR) is 205 cm³/mol. The van der Waals surface area contributed by atoms with Crippen LogP contribution in [0.1, 0.15) is 112 Å². The van der Waals surface area contributed by atoms with E-state index in [2.05, 4.69) is 36.9 Å². The van der Waals surface area contributed by atoms with Gasteiger partial charge in [-0.2, -0.15) is 0 Å². The maximum Gasteiger partial charge on any atom is 0.245 e. The number of primary amides is 2. The highest BCUT2D eigenvalue weighted by atomic mass is 16.3. The molecule has 0 fully saturated rings. The average Bonchev–Trinajstić information content (AvgIpc) is 3.09. The Labute approximate surface area is 319 Å². The fraction of sp³-hybridized carbons (Fsp3) is 0.771. The average molecular weight is 770 g/mol. The zero-order chi connectivity index (χ0) is 41.4. The molecule has 0 aliphatic carbocycles. The van der Waals surface area contributed by atoms with Gasteiger partial charge >= 0.3 is 0 Å². The molecule has 0 heterocycles. The monoisotopic (exact) mass is 770 g/mol. The fourth-order valence-electron chi connectivity index (χ4n) is 5.44. The number of amides is 7. The molecule has 0 bridgehead atoms. The molecule has 0 saturated heterocycles. The molecular weight excluding hydrogens is 702 g/mol. The zero-order valence-electron chi connectivity index (χ0n) is 32.9. The Hall–Kier alpha value is -4.52. The Bertz CT molecular complexity index is 1250. The van der Waals surface area contributed by atoms with Crippen LogP contribution in [0.2, 0.25) is 0 Å². The van der Waals surface area contributed by atoms with E-state index in [-0.39, 0.29) is 44.2 Å². The van der Waals surface area contributed by atoms with Crippen LogP contribution in [0, 0.1) is 5.92 Å². The Morgan fingerprint density at radius 2 is 1.20 bits per heavy atom. The molecule has 0 aromatic rings. The smallest absolute Gasteiger partial charge is 0.245 e. The summed E-state index contributed by atoms with van der Waals surface area (Å²) in [6.45, 7) is 10.6. The summed E-state index contributed by atoms with van der Waals surface area (Å²) in [5.41, 5.74) is 21.5. The van der Waals surface area contributed by atoms with Crippen LogP contribution < -0.4 is 54.8 Å². The molecule has 0 aliphatic heterocycles. The SMILES string of the molecule is CCCC[C@@H](CN[C@@H](CCCC)C(=O)N[C@@H](CCC(N)=O)C(=O)N[C@@H](CCCN=C(N)N)C(N)=O)NC(=O)[C@@H](NC(=O)[C@@H](NC(C)=O)C(C)O)C(C)CC. The molecule has 54 heavy (non-hydrogen) atoms. The van der Waals surface area contributed by atoms with Gasteiger partial charge in [0.2, 0.25) is 41.4 Å². The number of carbonyl (C=O) groups is 7. The molecule has 7 amide bonds. The molecule has 19 nitrogen and oxygen atoms in total. The van der Waals surface area contributed by atoms with Crippen molar-refractivity contribution in [2.24, 2.45) is 33.8 Å². The van der Waals surface area contributed by atoms with E-state index < -0.39 is 83.7 Å². The van der Waals surface area contributed by atoms with Crippen LogP contribution in [0.25, 0.3) is 0 Å². The van der Waals surface area contributed by atoms with Gasteiger partial charge in [-0.05, 0) is 44.9 Å².